The molecule has 3 saturated heterocycles. The summed E-state index contributed by atoms with van der Waals surface area (Å²) in [7, 11) is 0. The molecule has 9 rings (SSSR count). The Morgan fingerprint density at radius 3 is 2.44 bits per heavy atom. The number of nitrogens with one attached hydrogen (secondary N) is 2. The maximum absolute atomic E-state index is 14.1. The second-order valence-corrected chi connectivity index (χ2v) is 18.6. The van der Waals surface area contributed by atoms with E-state index < -0.39 is 17.4 Å². The minimum absolute atomic E-state index is 0.0549. The fourth-order valence-corrected chi connectivity index (χ4v) is 10.8. The summed E-state index contributed by atoms with van der Waals surface area (Å²) in [6.45, 7) is 19.6. The molecule has 1 unspecified atom stereocenters. The highest BCUT2D eigenvalue weighted by Gasteiger charge is 2.42. The number of fused-ring (bicyclic) bond motifs is 5. The third-order valence-corrected chi connectivity index (χ3v) is 14.5. The van der Waals surface area contributed by atoms with E-state index in [0.717, 1.165) is 135 Å². The van der Waals surface area contributed by atoms with Gasteiger partial charge in [-0.3, -0.25) is 34.2 Å². The molecular weight excluding hydrogens is 803 g/mol. The molecule has 0 bridgehead atoms. The van der Waals surface area contributed by atoms with Crippen molar-refractivity contribution in [2.24, 2.45) is 0 Å². The summed E-state index contributed by atoms with van der Waals surface area (Å²) in [4.78, 5) is 80.4. The number of hydrogen-bond acceptors (Lipinski definition) is 7. The van der Waals surface area contributed by atoms with Gasteiger partial charge < -0.3 is 19.7 Å². The monoisotopic (exact) mass is 859 g/mol. The van der Waals surface area contributed by atoms with Crippen molar-refractivity contribution in [2.75, 3.05) is 44.2 Å². The topological polar surface area (TPSA) is 130 Å². The van der Waals surface area contributed by atoms with E-state index in [1.165, 1.54) is 11.3 Å². The highest BCUT2D eigenvalue weighted by atomic mass is 16.2. The molecule has 5 heterocycles. The molecule has 1 aromatic heterocycles. The first-order chi connectivity index (χ1) is 31.0. The van der Waals surface area contributed by atoms with Crippen LogP contribution in [-0.2, 0) is 32.8 Å². The van der Waals surface area contributed by atoms with E-state index in [-0.39, 0.29) is 29.9 Å². The van der Waals surface area contributed by atoms with Gasteiger partial charge in [-0.25, -0.2) is 4.85 Å². The highest BCUT2D eigenvalue weighted by Crippen LogP contribution is 2.46. The number of aromatic nitrogens is 1. The molecule has 1 atom stereocenters. The Morgan fingerprint density at radius 2 is 1.69 bits per heavy atom. The average molecular weight is 860 g/mol. The number of hydrogen-bond donors (Lipinski definition) is 2. The largest absolute Gasteiger partial charge is 0.371 e. The number of unbranched alkanes of at least 4 members (excludes halogenated alkanes) is 4. The minimum atomic E-state index is -0.641. The quantitative estimate of drug-likeness (QED) is 0.0735. The van der Waals surface area contributed by atoms with Crippen LogP contribution in [0.15, 0.2) is 48.5 Å². The molecule has 64 heavy (non-hydrogen) atoms. The molecule has 0 saturated carbocycles. The summed E-state index contributed by atoms with van der Waals surface area (Å²) in [6, 6.07) is 15.4. The Balaban J connectivity index is 0.711. The standard InChI is InChI=1S/C52H57N7O5/c1-5-33-29-39-41(52(2,3)49-47(48(39)62)38-18-17-35(53-4)30-42(38)54-49)31-44(33)57-23-21-36(22-24-57)56-25-27-58(28-26-56)46(61)16-11-9-7-6-8-10-13-34-14-12-15-37-40(34)32-59(51(37)64)43-19-20-45(60)55-50(43)63/h12,14-15,17-18,29-31,36,43,54H,5-9,11,16,19-28,32H2,1-3H3,(H,55,60,63). The molecule has 1 aliphatic carbocycles. The number of nitrogens with zero attached hydrogens (tertiary/aromatic N) is 5. The lowest BCUT2D eigenvalue weighted by Crippen LogP contribution is -2.54. The van der Waals surface area contributed by atoms with Crippen LogP contribution < -0.4 is 10.2 Å². The van der Waals surface area contributed by atoms with Crippen molar-refractivity contribution in [2.45, 2.75) is 115 Å². The number of imide groups is 1. The van der Waals surface area contributed by atoms with Crippen molar-refractivity contribution >= 4 is 51.7 Å². The van der Waals surface area contributed by atoms with Gasteiger partial charge in [0, 0.05) is 116 Å². The van der Waals surface area contributed by atoms with E-state index in [1.54, 1.807) is 17.0 Å². The number of carbonyl (C=O) groups excluding carboxylic acids is 5. The van der Waals surface area contributed by atoms with Gasteiger partial charge in [0.25, 0.3) is 5.91 Å². The number of benzene rings is 3. The van der Waals surface area contributed by atoms with Crippen molar-refractivity contribution in [1.29, 1.82) is 0 Å². The average Bonchev–Trinajstić information content (AvgIpc) is 3.87. The van der Waals surface area contributed by atoms with Gasteiger partial charge in [-0.1, -0.05) is 63.7 Å². The molecule has 4 aliphatic heterocycles. The molecule has 3 fully saturated rings. The van der Waals surface area contributed by atoms with Crippen LogP contribution in [-0.4, -0.2) is 100 Å². The highest BCUT2D eigenvalue weighted by molar-refractivity contribution is 6.20. The Labute approximate surface area is 375 Å². The Hall–Kier alpha value is -6.24. The lowest BCUT2D eigenvalue weighted by atomic mass is 9.70. The first kappa shape index (κ1) is 43.0. The molecule has 2 N–H and O–H groups in total. The lowest BCUT2D eigenvalue weighted by Gasteiger charge is -2.44. The Bertz CT molecular complexity index is 2660. The van der Waals surface area contributed by atoms with Crippen LogP contribution in [0.4, 0.5) is 11.4 Å². The molecule has 4 amide bonds. The summed E-state index contributed by atoms with van der Waals surface area (Å²) in [6.07, 6.45) is 8.63. The second kappa shape index (κ2) is 17.7. The van der Waals surface area contributed by atoms with Crippen LogP contribution in [0.2, 0.25) is 0 Å². The van der Waals surface area contributed by atoms with E-state index in [2.05, 4.69) is 69.7 Å². The van der Waals surface area contributed by atoms with Crippen molar-refractivity contribution in [3.63, 3.8) is 0 Å². The fourth-order valence-electron chi connectivity index (χ4n) is 10.8. The maximum Gasteiger partial charge on any atom is 0.255 e. The Morgan fingerprint density at radius 1 is 0.906 bits per heavy atom. The number of aryl methyl sites for hydroxylation is 1. The first-order valence-corrected chi connectivity index (χ1v) is 23.2. The molecule has 0 spiro atoms. The van der Waals surface area contributed by atoms with Crippen molar-refractivity contribution < 1.29 is 24.0 Å². The van der Waals surface area contributed by atoms with Crippen LogP contribution in [0.1, 0.15) is 139 Å². The number of anilines is 1. The van der Waals surface area contributed by atoms with E-state index in [4.69, 9.17) is 6.57 Å². The molecule has 0 radical (unpaired) electrons. The summed E-state index contributed by atoms with van der Waals surface area (Å²) in [5, 5.41) is 3.23. The van der Waals surface area contributed by atoms with Gasteiger partial charge in [-0.2, -0.15) is 0 Å². The number of piperidine rings is 2. The molecule has 4 aromatic rings. The summed E-state index contributed by atoms with van der Waals surface area (Å²) < 4.78 is 0. The van der Waals surface area contributed by atoms with Crippen LogP contribution >= 0.6 is 0 Å². The number of amides is 4. The Kier molecular flexibility index (Phi) is 11.9. The van der Waals surface area contributed by atoms with Crippen LogP contribution in [0.25, 0.3) is 15.7 Å². The predicted octanol–water partition coefficient (Wildman–Crippen LogP) is 7.42. The zero-order valence-corrected chi connectivity index (χ0v) is 37.3. The molecule has 330 valence electrons. The summed E-state index contributed by atoms with van der Waals surface area (Å²) in [5.41, 5.74) is 9.13. The number of rotatable bonds is 10. The summed E-state index contributed by atoms with van der Waals surface area (Å²) >= 11 is 0. The van der Waals surface area contributed by atoms with Gasteiger partial charge in [0.15, 0.2) is 11.5 Å². The lowest BCUT2D eigenvalue weighted by molar-refractivity contribution is -0.137. The van der Waals surface area contributed by atoms with Crippen LogP contribution in [0.3, 0.4) is 0 Å². The molecular formula is C52H57N7O5. The van der Waals surface area contributed by atoms with E-state index in [9.17, 15) is 24.0 Å². The minimum Gasteiger partial charge on any atom is -0.371 e. The van der Waals surface area contributed by atoms with Gasteiger partial charge in [0.1, 0.15) is 6.04 Å². The van der Waals surface area contributed by atoms with E-state index in [0.29, 0.717) is 36.7 Å². The zero-order valence-electron chi connectivity index (χ0n) is 37.3. The third-order valence-electron chi connectivity index (χ3n) is 14.5. The summed E-state index contributed by atoms with van der Waals surface area (Å²) in [5.74, 6) is 5.93. The van der Waals surface area contributed by atoms with Crippen LogP contribution in [0.5, 0.6) is 0 Å². The smallest absolute Gasteiger partial charge is 0.255 e. The van der Waals surface area contributed by atoms with Crippen molar-refractivity contribution in [3.8, 4) is 11.8 Å². The predicted molar refractivity (Wildman–Crippen MR) is 246 cm³/mol. The normalized spacial score (nSPS) is 19.8. The maximum atomic E-state index is 14.1. The molecule has 12 heteroatoms. The van der Waals surface area contributed by atoms with E-state index in [1.807, 2.05) is 29.2 Å². The zero-order chi connectivity index (χ0) is 44.7. The molecule has 5 aliphatic rings. The van der Waals surface area contributed by atoms with Gasteiger partial charge in [0.05, 0.1) is 12.1 Å². The third kappa shape index (κ3) is 7.98. The van der Waals surface area contributed by atoms with E-state index >= 15 is 0 Å². The van der Waals surface area contributed by atoms with Crippen LogP contribution in [0, 0.1) is 18.4 Å². The molecule has 12 nitrogen and oxygen atoms in total. The van der Waals surface area contributed by atoms with Gasteiger partial charge in [0.2, 0.25) is 17.7 Å². The molecule has 3 aromatic carbocycles. The number of H-pyrrole nitrogens is 1. The van der Waals surface area contributed by atoms with Crippen molar-refractivity contribution in [3.05, 3.63) is 105 Å². The van der Waals surface area contributed by atoms with Gasteiger partial charge >= 0.3 is 0 Å². The second-order valence-electron chi connectivity index (χ2n) is 18.6. The fraction of sp³-hybridized carbons (Fsp3) is 0.462. The van der Waals surface area contributed by atoms with Gasteiger partial charge in [-0.15, -0.1) is 0 Å². The number of carbonyl (C=O) groups is 5. The number of ketones is 1. The number of aromatic amines is 1. The number of piperazine rings is 1. The van der Waals surface area contributed by atoms with Crippen molar-refractivity contribution in [1.82, 2.24) is 25.0 Å². The van der Waals surface area contributed by atoms with Gasteiger partial charge in [-0.05, 0) is 85.5 Å². The SMILES string of the molecule is [C-]#[N+]c1ccc2c3c([nH]c2c1)C(C)(C)c1cc(N2CCC(N4CCN(C(=O)CCCCCCC#Cc5cccc6c5CN(C5CCC(=O)NC5=O)C6=O)CC4)CC2)c(CC)cc1C3=O. The first-order valence-electron chi connectivity index (χ1n) is 23.2.